The summed E-state index contributed by atoms with van der Waals surface area (Å²) in [6.07, 6.45) is 1.37. The molecule has 1 aromatic carbocycles. The third kappa shape index (κ3) is 2.23. The van der Waals surface area contributed by atoms with Crippen LogP contribution >= 0.6 is 15.9 Å². The zero-order chi connectivity index (χ0) is 9.26. The van der Waals surface area contributed by atoms with E-state index in [1.165, 1.54) is 5.56 Å². The second kappa shape index (κ2) is 3.68. The van der Waals surface area contributed by atoms with E-state index in [1.54, 1.807) is 7.11 Å². The molecule has 1 fully saturated rings. The molecule has 0 aliphatic carbocycles. The fraction of sp³-hybridized carbons (Fsp3) is 0.400. The van der Waals surface area contributed by atoms with E-state index in [0.717, 1.165) is 23.2 Å². The molecule has 70 valence electrons. The van der Waals surface area contributed by atoms with Crippen LogP contribution < -0.4 is 4.74 Å². The number of benzene rings is 1. The fourth-order valence-corrected chi connectivity index (χ4v) is 1.66. The Balaban J connectivity index is 2.21. The number of hydrogen-bond acceptors (Lipinski definition) is 2. The lowest BCUT2D eigenvalue weighted by Crippen LogP contribution is -1.96. The lowest BCUT2D eigenvalue weighted by Gasteiger charge is -2.07. The van der Waals surface area contributed by atoms with Gasteiger partial charge in [0.2, 0.25) is 0 Å². The number of rotatable bonds is 3. The highest BCUT2D eigenvalue weighted by molar-refractivity contribution is 9.10. The number of halogens is 1. The van der Waals surface area contributed by atoms with Crippen molar-refractivity contribution in [2.45, 2.75) is 12.5 Å². The number of ether oxygens (including phenoxy) is 2. The molecule has 0 radical (unpaired) electrons. The molecule has 1 heterocycles. The topological polar surface area (TPSA) is 21.8 Å². The summed E-state index contributed by atoms with van der Waals surface area (Å²) in [5.41, 5.74) is 1.22. The molecule has 0 spiro atoms. The SMILES string of the molecule is COc1cc(Br)ccc1CC1CO1. The second-order valence-corrected chi connectivity index (χ2v) is 4.03. The van der Waals surface area contributed by atoms with E-state index in [-0.39, 0.29) is 0 Å². The third-order valence-corrected chi connectivity index (χ3v) is 2.59. The van der Waals surface area contributed by atoms with Gasteiger partial charge in [-0.1, -0.05) is 22.0 Å². The highest BCUT2D eigenvalue weighted by Crippen LogP contribution is 2.27. The van der Waals surface area contributed by atoms with Gasteiger partial charge >= 0.3 is 0 Å². The molecule has 2 rings (SSSR count). The molecule has 0 saturated carbocycles. The lowest BCUT2D eigenvalue weighted by molar-refractivity contribution is 0.390. The van der Waals surface area contributed by atoms with E-state index in [1.807, 2.05) is 12.1 Å². The minimum absolute atomic E-state index is 0.412. The predicted octanol–water partition coefficient (Wildman–Crippen LogP) is 2.40. The molecule has 1 atom stereocenters. The van der Waals surface area contributed by atoms with Crippen LogP contribution in [-0.2, 0) is 11.2 Å². The van der Waals surface area contributed by atoms with Crippen LogP contribution in [-0.4, -0.2) is 19.8 Å². The van der Waals surface area contributed by atoms with Gasteiger partial charge in [-0.25, -0.2) is 0 Å². The summed E-state index contributed by atoms with van der Waals surface area (Å²) in [7, 11) is 1.69. The van der Waals surface area contributed by atoms with Crippen molar-refractivity contribution in [1.29, 1.82) is 0 Å². The van der Waals surface area contributed by atoms with Crippen molar-refractivity contribution in [1.82, 2.24) is 0 Å². The molecule has 3 heteroatoms. The fourth-order valence-electron chi connectivity index (χ4n) is 1.32. The Morgan fingerprint density at radius 2 is 2.38 bits per heavy atom. The summed E-state index contributed by atoms with van der Waals surface area (Å²) >= 11 is 3.41. The van der Waals surface area contributed by atoms with Crippen LogP contribution in [0.2, 0.25) is 0 Å². The maximum absolute atomic E-state index is 5.27. The van der Waals surface area contributed by atoms with E-state index >= 15 is 0 Å². The Hall–Kier alpha value is -0.540. The van der Waals surface area contributed by atoms with Crippen molar-refractivity contribution < 1.29 is 9.47 Å². The average molecular weight is 243 g/mol. The molecular weight excluding hydrogens is 232 g/mol. The van der Waals surface area contributed by atoms with Crippen LogP contribution in [0, 0.1) is 0 Å². The molecule has 0 bridgehead atoms. The van der Waals surface area contributed by atoms with Gasteiger partial charge in [-0.05, 0) is 17.7 Å². The van der Waals surface area contributed by atoms with E-state index in [2.05, 4.69) is 22.0 Å². The maximum atomic E-state index is 5.27. The summed E-state index contributed by atoms with van der Waals surface area (Å²) < 4.78 is 11.5. The minimum Gasteiger partial charge on any atom is -0.496 e. The first-order valence-corrected chi connectivity index (χ1v) is 5.03. The standard InChI is InChI=1S/C10H11BrO2/c1-12-10-5-8(11)3-2-7(10)4-9-6-13-9/h2-3,5,9H,4,6H2,1H3. The van der Waals surface area contributed by atoms with Gasteiger partial charge in [0.1, 0.15) is 5.75 Å². The maximum Gasteiger partial charge on any atom is 0.123 e. The van der Waals surface area contributed by atoms with Crippen LogP contribution in [0.4, 0.5) is 0 Å². The van der Waals surface area contributed by atoms with E-state index in [4.69, 9.17) is 9.47 Å². The third-order valence-electron chi connectivity index (χ3n) is 2.10. The summed E-state index contributed by atoms with van der Waals surface area (Å²) in [6, 6.07) is 6.09. The quantitative estimate of drug-likeness (QED) is 0.760. The van der Waals surface area contributed by atoms with Gasteiger partial charge in [-0.3, -0.25) is 0 Å². The van der Waals surface area contributed by atoms with Gasteiger partial charge in [-0.2, -0.15) is 0 Å². The van der Waals surface area contributed by atoms with Crippen molar-refractivity contribution in [3.8, 4) is 5.75 Å². The Labute approximate surface area is 86.0 Å². The summed E-state index contributed by atoms with van der Waals surface area (Å²) in [6.45, 7) is 0.888. The van der Waals surface area contributed by atoms with Crippen LogP contribution in [0.1, 0.15) is 5.56 Å². The van der Waals surface area contributed by atoms with E-state index in [9.17, 15) is 0 Å². The van der Waals surface area contributed by atoms with Gasteiger partial charge in [0, 0.05) is 10.9 Å². The molecule has 1 unspecified atom stereocenters. The number of methoxy groups -OCH3 is 1. The van der Waals surface area contributed by atoms with Crippen LogP contribution in [0.15, 0.2) is 22.7 Å². The monoisotopic (exact) mass is 242 g/mol. The Morgan fingerprint density at radius 1 is 1.62 bits per heavy atom. The van der Waals surface area contributed by atoms with Crippen LogP contribution in [0.5, 0.6) is 5.75 Å². The number of epoxide rings is 1. The first-order chi connectivity index (χ1) is 6.29. The van der Waals surface area contributed by atoms with E-state index < -0.39 is 0 Å². The molecular formula is C10H11BrO2. The van der Waals surface area contributed by atoms with Gasteiger partial charge in [0.05, 0.1) is 19.8 Å². The van der Waals surface area contributed by atoms with Gasteiger partial charge < -0.3 is 9.47 Å². The molecule has 0 aromatic heterocycles. The molecule has 1 saturated heterocycles. The van der Waals surface area contributed by atoms with Crippen molar-refractivity contribution in [3.05, 3.63) is 28.2 Å². The molecule has 1 aromatic rings. The number of hydrogen-bond donors (Lipinski definition) is 0. The highest BCUT2D eigenvalue weighted by atomic mass is 79.9. The zero-order valence-electron chi connectivity index (χ0n) is 7.42. The summed E-state index contributed by atoms with van der Waals surface area (Å²) in [4.78, 5) is 0. The van der Waals surface area contributed by atoms with Crippen LogP contribution in [0.3, 0.4) is 0 Å². The first kappa shape index (κ1) is 9.03. The molecule has 0 amide bonds. The smallest absolute Gasteiger partial charge is 0.123 e. The molecule has 13 heavy (non-hydrogen) atoms. The average Bonchev–Trinajstić information content (AvgIpc) is 2.92. The highest BCUT2D eigenvalue weighted by Gasteiger charge is 2.23. The normalized spacial score (nSPS) is 20.0. The molecule has 2 nitrogen and oxygen atoms in total. The second-order valence-electron chi connectivity index (χ2n) is 3.12. The summed E-state index contributed by atoms with van der Waals surface area (Å²) in [5.74, 6) is 0.935. The predicted molar refractivity (Wildman–Crippen MR) is 54.1 cm³/mol. The van der Waals surface area contributed by atoms with Gasteiger partial charge in [0.15, 0.2) is 0 Å². The summed E-state index contributed by atoms with van der Waals surface area (Å²) in [5, 5.41) is 0. The lowest BCUT2D eigenvalue weighted by atomic mass is 10.1. The minimum atomic E-state index is 0.412. The Morgan fingerprint density at radius 3 is 3.00 bits per heavy atom. The van der Waals surface area contributed by atoms with Crippen molar-refractivity contribution in [2.75, 3.05) is 13.7 Å². The molecule has 0 N–H and O–H groups in total. The van der Waals surface area contributed by atoms with Crippen molar-refractivity contribution in [2.24, 2.45) is 0 Å². The largest absolute Gasteiger partial charge is 0.496 e. The van der Waals surface area contributed by atoms with Crippen LogP contribution in [0.25, 0.3) is 0 Å². The van der Waals surface area contributed by atoms with E-state index in [0.29, 0.717) is 6.10 Å². The molecule has 1 aliphatic heterocycles. The van der Waals surface area contributed by atoms with Crippen molar-refractivity contribution >= 4 is 15.9 Å². The molecule has 1 aliphatic rings. The zero-order valence-corrected chi connectivity index (χ0v) is 9.00. The van der Waals surface area contributed by atoms with Gasteiger partial charge in [0.25, 0.3) is 0 Å². The first-order valence-electron chi connectivity index (χ1n) is 4.23. The van der Waals surface area contributed by atoms with Crippen molar-refractivity contribution in [3.63, 3.8) is 0 Å². The Kier molecular flexibility index (Phi) is 2.56. The Bertz CT molecular complexity index is 308. The van der Waals surface area contributed by atoms with Gasteiger partial charge in [-0.15, -0.1) is 0 Å².